The molecule has 2 aromatic carbocycles. The summed E-state index contributed by atoms with van der Waals surface area (Å²) in [5, 5.41) is 3.93. The number of nitrogens with one attached hydrogen (secondary N) is 2. The zero-order chi connectivity index (χ0) is 21.7. The minimum atomic E-state index is -0.781. The zero-order valence-corrected chi connectivity index (χ0v) is 16.9. The second-order valence-electron chi connectivity index (χ2n) is 6.85. The van der Waals surface area contributed by atoms with Crippen molar-refractivity contribution in [1.82, 2.24) is 10.4 Å². The summed E-state index contributed by atoms with van der Waals surface area (Å²) in [4.78, 5) is 48.6. The number of anilines is 1. The number of benzene rings is 2. The van der Waals surface area contributed by atoms with E-state index in [4.69, 9.17) is 16.3 Å². The standard InChI is InChI=1S/C21H20ClN3O5/c1-13-6-8-15(9-7-13)23-18(26)12-30-21(29)14-10-19(27)25(11-14)24-20(28)16-4-2-3-5-17(16)22/h2-9,14H,10-12H2,1H3,(H,23,26)(H,24,28)/t14-/m1/s1. The van der Waals surface area contributed by atoms with E-state index < -0.39 is 36.2 Å². The fraction of sp³-hybridized carbons (Fsp3) is 0.238. The molecular weight excluding hydrogens is 410 g/mol. The summed E-state index contributed by atoms with van der Waals surface area (Å²) >= 11 is 5.98. The van der Waals surface area contributed by atoms with Crippen LogP contribution < -0.4 is 10.7 Å². The van der Waals surface area contributed by atoms with E-state index in [0.29, 0.717) is 5.69 Å². The maximum atomic E-state index is 12.3. The Bertz CT molecular complexity index is 977. The van der Waals surface area contributed by atoms with Gasteiger partial charge >= 0.3 is 5.97 Å². The lowest BCUT2D eigenvalue weighted by Gasteiger charge is -2.18. The predicted molar refractivity (Wildman–Crippen MR) is 110 cm³/mol. The Morgan fingerprint density at radius 2 is 1.83 bits per heavy atom. The van der Waals surface area contributed by atoms with E-state index in [9.17, 15) is 19.2 Å². The van der Waals surface area contributed by atoms with Gasteiger partial charge in [-0.1, -0.05) is 41.4 Å². The van der Waals surface area contributed by atoms with Crippen LogP contribution in [0.25, 0.3) is 0 Å². The van der Waals surface area contributed by atoms with Crippen LogP contribution in [0.3, 0.4) is 0 Å². The van der Waals surface area contributed by atoms with Gasteiger partial charge in [-0.3, -0.25) is 29.6 Å². The van der Waals surface area contributed by atoms with Crippen LogP contribution in [0.15, 0.2) is 48.5 Å². The van der Waals surface area contributed by atoms with Crippen molar-refractivity contribution in [2.75, 3.05) is 18.5 Å². The normalized spacial score (nSPS) is 15.6. The Morgan fingerprint density at radius 1 is 1.13 bits per heavy atom. The van der Waals surface area contributed by atoms with Gasteiger partial charge in [0.05, 0.1) is 23.0 Å². The van der Waals surface area contributed by atoms with Crippen LogP contribution in [-0.2, 0) is 19.1 Å². The van der Waals surface area contributed by atoms with Gasteiger partial charge in [-0.25, -0.2) is 0 Å². The summed E-state index contributed by atoms with van der Waals surface area (Å²) in [6, 6.07) is 13.6. The number of aryl methyl sites for hydroxylation is 1. The van der Waals surface area contributed by atoms with E-state index in [2.05, 4.69) is 10.7 Å². The minimum Gasteiger partial charge on any atom is -0.455 e. The quantitative estimate of drug-likeness (QED) is 0.686. The summed E-state index contributed by atoms with van der Waals surface area (Å²) in [5.41, 5.74) is 4.30. The van der Waals surface area contributed by atoms with E-state index in [1.807, 2.05) is 19.1 Å². The second kappa shape index (κ2) is 9.41. The SMILES string of the molecule is Cc1ccc(NC(=O)COC(=O)[C@@H]2CC(=O)N(NC(=O)c3ccccc3Cl)C2)cc1. The summed E-state index contributed by atoms with van der Waals surface area (Å²) in [5.74, 6) is -2.93. The average Bonchev–Trinajstić information content (AvgIpc) is 3.08. The van der Waals surface area contributed by atoms with Crippen molar-refractivity contribution >= 4 is 41.0 Å². The lowest BCUT2D eigenvalue weighted by molar-refractivity contribution is -0.151. The van der Waals surface area contributed by atoms with Gasteiger partial charge in [0.15, 0.2) is 6.61 Å². The van der Waals surface area contributed by atoms with Crippen molar-refractivity contribution in [1.29, 1.82) is 0 Å². The molecule has 3 rings (SSSR count). The number of hydrogen-bond acceptors (Lipinski definition) is 5. The highest BCUT2D eigenvalue weighted by atomic mass is 35.5. The molecular formula is C21H20ClN3O5. The molecule has 2 aromatic rings. The zero-order valence-electron chi connectivity index (χ0n) is 16.2. The predicted octanol–water partition coefficient (Wildman–Crippen LogP) is 2.32. The summed E-state index contributed by atoms with van der Waals surface area (Å²) < 4.78 is 5.03. The third kappa shape index (κ3) is 5.36. The molecule has 9 heteroatoms. The molecule has 8 nitrogen and oxygen atoms in total. The molecule has 0 saturated carbocycles. The van der Waals surface area contributed by atoms with E-state index in [-0.39, 0.29) is 23.6 Å². The monoisotopic (exact) mass is 429 g/mol. The molecule has 0 aliphatic carbocycles. The first-order valence-electron chi connectivity index (χ1n) is 9.22. The van der Waals surface area contributed by atoms with Crippen molar-refractivity contribution < 1.29 is 23.9 Å². The first kappa shape index (κ1) is 21.3. The molecule has 0 radical (unpaired) electrons. The van der Waals surface area contributed by atoms with Gasteiger partial charge in [0.2, 0.25) is 5.91 Å². The highest BCUT2D eigenvalue weighted by molar-refractivity contribution is 6.33. The van der Waals surface area contributed by atoms with Crippen LogP contribution in [0.2, 0.25) is 5.02 Å². The number of hydrogen-bond donors (Lipinski definition) is 2. The highest BCUT2D eigenvalue weighted by Crippen LogP contribution is 2.19. The molecule has 1 aliphatic heterocycles. The van der Waals surface area contributed by atoms with Gasteiger partial charge < -0.3 is 10.1 Å². The smallest absolute Gasteiger partial charge is 0.311 e. The number of amides is 3. The number of nitrogens with zero attached hydrogens (tertiary/aromatic N) is 1. The Hall–Kier alpha value is -3.39. The van der Waals surface area contributed by atoms with Crippen molar-refractivity contribution in [2.45, 2.75) is 13.3 Å². The third-order valence-corrected chi connectivity index (χ3v) is 4.82. The highest BCUT2D eigenvalue weighted by Gasteiger charge is 2.36. The number of carbonyl (C=O) groups excluding carboxylic acids is 4. The van der Waals surface area contributed by atoms with E-state index in [1.165, 1.54) is 6.07 Å². The molecule has 0 bridgehead atoms. The van der Waals surface area contributed by atoms with Gasteiger partial charge in [0.25, 0.3) is 11.8 Å². The fourth-order valence-electron chi connectivity index (χ4n) is 2.89. The maximum absolute atomic E-state index is 12.3. The van der Waals surface area contributed by atoms with Crippen molar-refractivity contribution in [3.63, 3.8) is 0 Å². The largest absolute Gasteiger partial charge is 0.455 e. The number of carbonyl (C=O) groups is 4. The number of ether oxygens (including phenoxy) is 1. The van der Waals surface area contributed by atoms with Gasteiger partial charge in [0, 0.05) is 12.1 Å². The van der Waals surface area contributed by atoms with E-state index in [1.54, 1.807) is 30.3 Å². The Morgan fingerprint density at radius 3 is 2.53 bits per heavy atom. The first-order valence-corrected chi connectivity index (χ1v) is 9.60. The molecule has 156 valence electrons. The molecule has 1 atom stereocenters. The first-order chi connectivity index (χ1) is 14.3. The van der Waals surface area contributed by atoms with Gasteiger partial charge in [0.1, 0.15) is 0 Å². The van der Waals surface area contributed by atoms with Crippen molar-refractivity contribution in [2.24, 2.45) is 5.92 Å². The van der Waals surface area contributed by atoms with E-state index >= 15 is 0 Å². The number of halogens is 1. The number of esters is 1. The van der Waals surface area contributed by atoms with Crippen molar-refractivity contribution in [3.8, 4) is 0 Å². The second-order valence-corrected chi connectivity index (χ2v) is 7.26. The molecule has 0 unspecified atom stereocenters. The molecule has 1 saturated heterocycles. The fourth-order valence-corrected chi connectivity index (χ4v) is 3.11. The maximum Gasteiger partial charge on any atom is 0.311 e. The van der Waals surface area contributed by atoms with Crippen LogP contribution in [0.5, 0.6) is 0 Å². The summed E-state index contributed by atoms with van der Waals surface area (Å²) in [7, 11) is 0. The number of hydrazine groups is 1. The van der Waals surface area contributed by atoms with E-state index in [0.717, 1.165) is 10.6 Å². The van der Waals surface area contributed by atoms with Gasteiger partial charge in [-0.05, 0) is 31.2 Å². The van der Waals surface area contributed by atoms with Gasteiger partial charge in [-0.15, -0.1) is 0 Å². The molecule has 1 heterocycles. The van der Waals surface area contributed by atoms with Crippen LogP contribution in [0.4, 0.5) is 5.69 Å². The lowest BCUT2D eigenvalue weighted by Crippen LogP contribution is -2.43. The third-order valence-electron chi connectivity index (χ3n) is 4.49. The summed E-state index contributed by atoms with van der Waals surface area (Å²) in [6.45, 7) is 1.41. The molecule has 2 N–H and O–H groups in total. The minimum absolute atomic E-state index is 0.0482. The molecule has 30 heavy (non-hydrogen) atoms. The molecule has 0 spiro atoms. The lowest BCUT2D eigenvalue weighted by atomic mass is 10.1. The molecule has 1 fully saturated rings. The van der Waals surface area contributed by atoms with Crippen LogP contribution in [-0.4, -0.2) is 41.9 Å². The topological polar surface area (TPSA) is 105 Å². The molecule has 0 aromatic heterocycles. The van der Waals surface area contributed by atoms with Crippen LogP contribution in [0, 0.1) is 12.8 Å². The molecule has 3 amide bonds. The average molecular weight is 430 g/mol. The van der Waals surface area contributed by atoms with Crippen LogP contribution >= 0.6 is 11.6 Å². The number of rotatable bonds is 6. The molecule has 1 aliphatic rings. The Labute approximate surface area is 178 Å². The Balaban J connectivity index is 1.48. The van der Waals surface area contributed by atoms with Crippen molar-refractivity contribution in [3.05, 3.63) is 64.7 Å². The van der Waals surface area contributed by atoms with Gasteiger partial charge in [-0.2, -0.15) is 0 Å². The Kier molecular flexibility index (Phi) is 6.68. The van der Waals surface area contributed by atoms with Crippen LogP contribution in [0.1, 0.15) is 22.3 Å². The summed E-state index contributed by atoms with van der Waals surface area (Å²) in [6.07, 6.45) is -0.124.